The zero-order chi connectivity index (χ0) is 13.5. The lowest BCUT2D eigenvalue weighted by atomic mass is 10.1. The molecule has 0 aliphatic carbocycles. The Hall–Kier alpha value is -1.62. The van der Waals surface area contributed by atoms with Crippen LogP contribution in [0.25, 0.3) is 0 Å². The molecule has 0 bridgehead atoms. The molecule has 3 N–H and O–H groups in total. The molecule has 1 unspecified atom stereocenters. The molecule has 0 saturated carbocycles. The van der Waals surface area contributed by atoms with Crippen LogP contribution in [0.3, 0.4) is 0 Å². The molecule has 0 aliphatic rings. The van der Waals surface area contributed by atoms with Crippen molar-refractivity contribution in [3.05, 3.63) is 23.4 Å². The highest BCUT2D eigenvalue weighted by Crippen LogP contribution is 2.14. The Morgan fingerprint density at radius 1 is 1.44 bits per heavy atom. The van der Waals surface area contributed by atoms with E-state index in [1.807, 2.05) is 13.8 Å². The monoisotopic (exact) mass is 252 g/mol. The summed E-state index contributed by atoms with van der Waals surface area (Å²) in [5.41, 5.74) is 0.986. The number of hydrogen-bond acceptors (Lipinski definition) is 4. The predicted molar refractivity (Wildman–Crippen MR) is 70.0 cm³/mol. The molecule has 1 aromatic rings. The van der Waals surface area contributed by atoms with Gasteiger partial charge >= 0.3 is 5.97 Å². The number of aryl methyl sites for hydroxylation is 1. The van der Waals surface area contributed by atoms with E-state index in [1.165, 1.54) is 6.07 Å². The Morgan fingerprint density at radius 3 is 2.67 bits per heavy atom. The number of carbonyl (C=O) groups is 1. The lowest BCUT2D eigenvalue weighted by molar-refractivity contribution is 0.0696. The van der Waals surface area contributed by atoms with Crippen LogP contribution >= 0.6 is 0 Å². The average molecular weight is 252 g/mol. The summed E-state index contributed by atoms with van der Waals surface area (Å²) in [4.78, 5) is 15.4. The Kier molecular flexibility index (Phi) is 5.58. The standard InChI is InChI=1S/C13H20N2O3/c1-3-10(5-6-16)14-12-8-9(13(17)18)7-11(4-2)15-12/h7-8,10,16H,3-6H2,1-2H3,(H,14,15)(H,17,18). The third-order valence-corrected chi connectivity index (χ3v) is 2.81. The van der Waals surface area contributed by atoms with Crippen LogP contribution in [0, 0.1) is 0 Å². The second-order valence-corrected chi connectivity index (χ2v) is 4.15. The molecule has 0 aromatic carbocycles. The zero-order valence-corrected chi connectivity index (χ0v) is 10.8. The molecule has 0 amide bonds. The molecule has 0 aliphatic heterocycles. The van der Waals surface area contributed by atoms with Gasteiger partial charge in [-0.25, -0.2) is 9.78 Å². The van der Waals surface area contributed by atoms with Gasteiger partial charge in [-0.1, -0.05) is 13.8 Å². The van der Waals surface area contributed by atoms with Crippen LogP contribution in [-0.4, -0.2) is 33.8 Å². The molecule has 5 nitrogen and oxygen atoms in total. The number of aromatic nitrogens is 1. The molecule has 100 valence electrons. The number of aromatic carboxylic acids is 1. The smallest absolute Gasteiger partial charge is 0.335 e. The quantitative estimate of drug-likeness (QED) is 0.690. The first kappa shape index (κ1) is 14.4. The summed E-state index contributed by atoms with van der Waals surface area (Å²) in [5.74, 6) is -0.391. The van der Waals surface area contributed by atoms with Gasteiger partial charge in [0.1, 0.15) is 5.82 Å². The van der Waals surface area contributed by atoms with E-state index in [9.17, 15) is 4.79 Å². The summed E-state index contributed by atoms with van der Waals surface area (Å²) in [5, 5.41) is 21.1. The minimum absolute atomic E-state index is 0.102. The van der Waals surface area contributed by atoms with Gasteiger partial charge in [-0.2, -0.15) is 0 Å². The van der Waals surface area contributed by atoms with Gasteiger partial charge in [0.05, 0.1) is 5.56 Å². The van der Waals surface area contributed by atoms with Gasteiger partial charge in [-0.15, -0.1) is 0 Å². The number of carboxylic acids is 1. The molecule has 5 heteroatoms. The summed E-state index contributed by atoms with van der Waals surface area (Å²) in [7, 11) is 0. The summed E-state index contributed by atoms with van der Waals surface area (Å²) < 4.78 is 0. The molecule has 0 radical (unpaired) electrons. The maximum atomic E-state index is 11.0. The Bertz CT molecular complexity index is 407. The molecule has 1 atom stereocenters. The second-order valence-electron chi connectivity index (χ2n) is 4.15. The lowest BCUT2D eigenvalue weighted by Crippen LogP contribution is -2.21. The summed E-state index contributed by atoms with van der Waals surface area (Å²) in [6, 6.07) is 3.22. The van der Waals surface area contributed by atoms with Crippen LogP contribution in [0.4, 0.5) is 5.82 Å². The highest BCUT2D eigenvalue weighted by Gasteiger charge is 2.11. The maximum Gasteiger partial charge on any atom is 0.335 e. The number of anilines is 1. The van der Waals surface area contributed by atoms with E-state index in [0.29, 0.717) is 18.7 Å². The molecular weight excluding hydrogens is 232 g/mol. The van der Waals surface area contributed by atoms with Gasteiger partial charge in [0, 0.05) is 18.3 Å². The number of aliphatic hydroxyl groups excluding tert-OH is 1. The summed E-state index contributed by atoms with van der Waals surface area (Å²) >= 11 is 0. The molecule has 0 spiro atoms. The van der Waals surface area contributed by atoms with E-state index >= 15 is 0 Å². The highest BCUT2D eigenvalue weighted by molar-refractivity contribution is 5.88. The van der Waals surface area contributed by atoms with Crippen molar-refractivity contribution in [2.24, 2.45) is 0 Å². The average Bonchev–Trinajstić information content (AvgIpc) is 2.37. The number of aliphatic hydroxyl groups is 1. The minimum Gasteiger partial charge on any atom is -0.478 e. The van der Waals surface area contributed by atoms with Gasteiger partial charge in [-0.3, -0.25) is 0 Å². The van der Waals surface area contributed by atoms with E-state index in [4.69, 9.17) is 10.2 Å². The van der Waals surface area contributed by atoms with Gasteiger partial charge in [-0.05, 0) is 31.4 Å². The normalized spacial score (nSPS) is 12.2. The van der Waals surface area contributed by atoms with Crippen molar-refractivity contribution in [1.82, 2.24) is 4.98 Å². The van der Waals surface area contributed by atoms with Gasteiger partial charge < -0.3 is 15.5 Å². The van der Waals surface area contributed by atoms with E-state index < -0.39 is 5.97 Å². The van der Waals surface area contributed by atoms with E-state index in [1.54, 1.807) is 6.07 Å². The molecule has 0 saturated heterocycles. The topological polar surface area (TPSA) is 82.5 Å². The molecule has 0 fully saturated rings. The first-order chi connectivity index (χ1) is 8.60. The van der Waals surface area contributed by atoms with Crippen molar-refractivity contribution in [3.8, 4) is 0 Å². The van der Waals surface area contributed by atoms with Crippen LogP contribution in [0.1, 0.15) is 42.7 Å². The summed E-state index contributed by atoms with van der Waals surface area (Å²) in [6.07, 6.45) is 2.16. The first-order valence-corrected chi connectivity index (χ1v) is 6.22. The number of nitrogens with zero attached hydrogens (tertiary/aromatic N) is 1. The number of hydrogen-bond donors (Lipinski definition) is 3. The van der Waals surface area contributed by atoms with Gasteiger partial charge in [0.25, 0.3) is 0 Å². The van der Waals surface area contributed by atoms with Crippen LogP contribution in [0.5, 0.6) is 0 Å². The number of rotatable bonds is 7. The Morgan fingerprint density at radius 2 is 2.17 bits per heavy atom. The number of nitrogens with one attached hydrogen (secondary N) is 1. The molecule has 1 rings (SSSR count). The molecule has 18 heavy (non-hydrogen) atoms. The zero-order valence-electron chi connectivity index (χ0n) is 10.8. The van der Waals surface area contributed by atoms with Crippen molar-refractivity contribution in [1.29, 1.82) is 0 Å². The summed E-state index contributed by atoms with van der Waals surface area (Å²) in [6.45, 7) is 4.04. The van der Waals surface area contributed by atoms with Crippen LogP contribution in [0.2, 0.25) is 0 Å². The molecular formula is C13H20N2O3. The Balaban J connectivity index is 2.93. The van der Waals surface area contributed by atoms with Crippen LogP contribution in [-0.2, 0) is 6.42 Å². The fraction of sp³-hybridized carbons (Fsp3) is 0.538. The minimum atomic E-state index is -0.953. The van der Waals surface area contributed by atoms with Crippen molar-refractivity contribution in [2.75, 3.05) is 11.9 Å². The van der Waals surface area contributed by atoms with Crippen LogP contribution < -0.4 is 5.32 Å². The largest absolute Gasteiger partial charge is 0.478 e. The van der Waals surface area contributed by atoms with Crippen molar-refractivity contribution >= 4 is 11.8 Å². The SMILES string of the molecule is CCc1cc(C(=O)O)cc(NC(CC)CCO)n1. The maximum absolute atomic E-state index is 11.0. The highest BCUT2D eigenvalue weighted by atomic mass is 16.4. The molecule has 1 aromatic heterocycles. The second kappa shape index (κ2) is 6.96. The van der Waals surface area contributed by atoms with E-state index in [-0.39, 0.29) is 18.2 Å². The van der Waals surface area contributed by atoms with Gasteiger partial charge in [0.15, 0.2) is 0 Å². The van der Waals surface area contributed by atoms with Crippen molar-refractivity contribution in [2.45, 2.75) is 39.2 Å². The lowest BCUT2D eigenvalue weighted by Gasteiger charge is -2.17. The molecule has 1 heterocycles. The number of pyridine rings is 1. The van der Waals surface area contributed by atoms with Crippen molar-refractivity contribution in [3.63, 3.8) is 0 Å². The van der Waals surface area contributed by atoms with Crippen LogP contribution in [0.15, 0.2) is 12.1 Å². The third-order valence-electron chi connectivity index (χ3n) is 2.81. The van der Waals surface area contributed by atoms with Gasteiger partial charge in [0.2, 0.25) is 0 Å². The first-order valence-electron chi connectivity index (χ1n) is 6.22. The third kappa shape index (κ3) is 4.00. The predicted octanol–water partition coefficient (Wildman–Crippen LogP) is 1.92. The van der Waals surface area contributed by atoms with Crippen molar-refractivity contribution < 1.29 is 15.0 Å². The number of carboxylic acid groups (broad SMARTS) is 1. The van der Waals surface area contributed by atoms with E-state index in [0.717, 1.165) is 12.1 Å². The fourth-order valence-corrected chi connectivity index (χ4v) is 1.71. The Labute approximate surface area is 107 Å². The van der Waals surface area contributed by atoms with E-state index in [2.05, 4.69) is 10.3 Å². The fourth-order valence-electron chi connectivity index (χ4n) is 1.71.